The number of rotatable bonds is 2. The van der Waals surface area contributed by atoms with Gasteiger partial charge in [0.25, 0.3) is 5.91 Å². The highest BCUT2D eigenvalue weighted by molar-refractivity contribution is 5.94. The fourth-order valence-electron chi connectivity index (χ4n) is 0.826. The molecular weight excluding hydrogens is 154 g/mol. The first-order valence-corrected chi connectivity index (χ1v) is 3.43. The minimum absolute atomic E-state index is 0.308. The predicted octanol–water partition coefficient (Wildman–Crippen LogP) is 1.09. The Hall–Kier alpha value is -1.51. The van der Waals surface area contributed by atoms with E-state index in [4.69, 9.17) is 11.8 Å². The number of carbonyl (C=O) groups excluding carboxylic acids is 1. The van der Waals surface area contributed by atoms with Crippen LogP contribution in [0.3, 0.4) is 0 Å². The normalized spacial score (nSPS) is 9.17. The summed E-state index contributed by atoms with van der Waals surface area (Å²) in [5.74, 6) is 0.404. The van der Waals surface area contributed by atoms with Gasteiger partial charge in [-0.3, -0.25) is 4.79 Å². The molecule has 62 valence electrons. The first-order chi connectivity index (χ1) is 5.77. The second-order valence-electron chi connectivity index (χ2n) is 2.20. The van der Waals surface area contributed by atoms with E-state index < -0.39 is 0 Å². The molecule has 0 bridgehead atoms. The van der Waals surface area contributed by atoms with Crippen molar-refractivity contribution in [3.8, 4) is 5.75 Å². The van der Waals surface area contributed by atoms with E-state index >= 15 is 0 Å². The fourth-order valence-corrected chi connectivity index (χ4v) is 0.826. The lowest BCUT2D eigenvalue weighted by molar-refractivity contribution is 0.0969. The summed E-state index contributed by atoms with van der Waals surface area (Å²) in [6, 6.07) is 6.68. The molecule has 0 aromatic heterocycles. The smallest absolute Gasteiger partial charge is 0.251 e. The highest BCUT2D eigenvalue weighted by Crippen LogP contribution is 2.10. The summed E-state index contributed by atoms with van der Waals surface area (Å²) in [5.41, 5.74) is 0.512. The van der Waals surface area contributed by atoms with Gasteiger partial charge in [-0.2, -0.15) is 0 Å². The number of amides is 1. The van der Waals surface area contributed by atoms with E-state index in [1.54, 1.807) is 31.4 Å². The number of nitrogens with one attached hydrogen (secondary N) is 1. The molecule has 3 heteroatoms. The molecule has 0 heterocycles. The van der Waals surface area contributed by atoms with Gasteiger partial charge in [0, 0.05) is 5.56 Å². The third-order valence-corrected chi connectivity index (χ3v) is 1.48. The van der Waals surface area contributed by atoms with Gasteiger partial charge in [0.15, 0.2) is 0 Å². The molecule has 2 radical (unpaired) electrons. The molecule has 0 atom stereocenters. The molecular formula is C9H9NO2. The van der Waals surface area contributed by atoms with E-state index in [2.05, 4.69) is 0 Å². The summed E-state index contributed by atoms with van der Waals surface area (Å²) in [6.45, 7) is 0. The van der Waals surface area contributed by atoms with Crippen molar-refractivity contribution in [2.24, 2.45) is 0 Å². The Morgan fingerprint density at radius 1 is 1.42 bits per heavy atom. The molecule has 1 amide bonds. The van der Waals surface area contributed by atoms with Crippen molar-refractivity contribution in [2.45, 2.75) is 0 Å². The Bertz CT molecular complexity index is 266. The number of ether oxygens (including phenoxy) is 1. The van der Waals surface area contributed by atoms with E-state index in [0.717, 1.165) is 0 Å². The van der Waals surface area contributed by atoms with Gasteiger partial charge in [-0.1, -0.05) is 0 Å². The quantitative estimate of drug-likeness (QED) is 0.663. The molecule has 0 saturated carbocycles. The van der Waals surface area contributed by atoms with Gasteiger partial charge < -0.3 is 10.1 Å². The number of benzene rings is 1. The Labute approximate surface area is 71.4 Å². The van der Waals surface area contributed by atoms with Crippen LogP contribution in [-0.2, 0) is 0 Å². The van der Waals surface area contributed by atoms with E-state index in [0.29, 0.717) is 11.3 Å². The summed E-state index contributed by atoms with van der Waals surface area (Å²) in [7, 11) is 6.51. The van der Waals surface area contributed by atoms with Crippen molar-refractivity contribution in [1.29, 1.82) is 0 Å². The van der Waals surface area contributed by atoms with Crippen molar-refractivity contribution in [3.63, 3.8) is 0 Å². The highest BCUT2D eigenvalue weighted by atomic mass is 16.5. The lowest BCUT2D eigenvalue weighted by atomic mass is 10.2. The molecule has 1 aromatic rings. The third kappa shape index (κ3) is 1.75. The van der Waals surface area contributed by atoms with Crippen LogP contribution in [0.5, 0.6) is 5.75 Å². The van der Waals surface area contributed by atoms with Gasteiger partial charge in [0.2, 0.25) is 0 Å². The molecule has 1 aromatic carbocycles. The zero-order valence-electron chi connectivity index (χ0n) is 6.70. The molecule has 3 nitrogen and oxygen atoms in total. The van der Waals surface area contributed by atoms with E-state index in [1.807, 2.05) is 5.32 Å². The van der Waals surface area contributed by atoms with Crippen LogP contribution in [0.25, 0.3) is 0 Å². The Morgan fingerprint density at radius 2 is 2.00 bits per heavy atom. The number of carbonyl (C=O) groups is 1. The Kier molecular flexibility index (Phi) is 2.69. The Balaban J connectivity index is 2.84. The highest BCUT2D eigenvalue weighted by Gasteiger charge is 2.01. The molecule has 12 heavy (non-hydrogen) atoms. The molecule has 0 spiro atoms. The van der Waals surface area contributed by atoms with Gasteiger partial charge in [0.05, 0.1) is 14.2 Å². The van der Waals surface area contributed by atoms with E-state index in [9.17, 15) is 4.79 Å². The van der Waals surface area contributed by atoms with Gasteiger partial charge >= 0.3 is 0 Å². The summed E-state index contributed by atoms with van der Waals surface area (Å²) < 4.78 is 4.92. The molecule has 1 rings (SSSR count). The van der Waals surface area contributed by atoms with Crippen molar-refractivity contribution in [1.82, 2.24) is 5.32 Å². The average molecular weight is 163 g/mol. The molecule has 0 aliphatic rings. The molecule has 0 aliphatic heterocycles. The van der Waals surface area contributed by atoms with Crippen LogP contribution < -0.4 is 10.1 Å². The monoisotopic (exact) mass is 163 g/mol. The number of methoxy groups -OCH3 is 1. The molecule has 0 fully saturated rings. The summed E-state index contributed by atoms with van der Waals surface area (Å²) in [5, 5.41) is 2.04. The summed E-state index contributed by atoms with van der Waals surface area (Å²) >= 11 is 0. The predicted molar refractivity (Wildman–Crippen MR) is 44.8 cm³/mol. The van der Waals surface area contributed by atoms with Crippen LogP contribution >= 0.6 is 0 Å². The van der Waals surface area contributed by atoms with Gasteiger partial charge in [0.1, 0.15) is 5.75 Å². The van der Waals surface area contributed by atoms with Gasteiger partial charge in [-0.25, -0.2) is 0 Å². The number of hydrogen-bond acceptors (Lipinski definition) is 2. The first-order valence-electron chi connectivity index (χ1n) is 3.43. The van der Waals surface area contributed by atoms with Crippen molar-refractivity contribution in [2.75, 3.05) is 7.11 Å². The maximum Gasteiger partial charge on any atom is 0.251 e. The topological polar surface area (TPSA) is 38.3 Å². The van der Waals surface area contributed by atoms with E-state index in [-0.39, 0.29) is 5.91 Å². The van der Waals surface area contributed by atoms with Crippen LogP contribution in [0.15, 0.2) is 24.3 Å². The molecule has 0 saturated heterocycles. The Morgan fingerprint density at radius 3 is 2.42 bits per heavy atom. The minimum Gasteiger partial charge on any atom is -0.497 e. The van der Waals surface area contributed by atoms with Gasteiger partial charge in [-0.05, 0) is 24.3 Å². The van der Waals surface area contributed by atoms with Crippen molar-refractivity contribution < 1.29 is 9.53 Å². The number of hydrogen-bond donors (Lipinski definition) is 1. The lowest BCUT2D eigenvalue weighted by Crippen LogP contribution is -2.15. The van der Waals surface area contributed by atoms with Crippen molar-refractivity contribution in [3.05, 3.63) is 36.9 Å². The van der Waals surface area contributed by atoms with Crippen LogP contribution in [0.4, 0.5) is 0 Å². The fraction of sp³-hybridized carbons (Fsp3) is 0.111. The second kappa shape index (κ2) is 3.76. The summed E-state index contributed by atoms with van der Waals surface area (Å²) in [6.07, 6.45) is 0. The van der Waals surface area contributed by atoms with Crippen LogP contribution in [0.1, 0.15) is 10.4 Å². The van der Waals surface area contributed by atoms with Crippen LogP contribution in [-0.4, -0.2) is 13.0 Å². The van der Waals surface area contributed by atoms with Gasteiger partial charge in [-0.15, -0.1) is 0 Å². The standard InChI is InChI=1S/C9H9NO2/c1-10-9(11)7-3-5-8(12-2)6-4-7/h1,3-6H,2H3,(H,10,11). The van der Waals surface area contributed by atoms with Crippen LogP contribution in [0, 0.1) is 7.05 Å². The zero-order valence-corrected chi connectivity index (χ0v) is 6.70. The van der Waals surface area contributed by atoms with Crippen molar-refractivity contribution >= 4 is 5.91 Å². The average Bonchev–Trinajstić information content (AvgIpc) is 2.17. The minimum atomic E-state index is -0.308. The summed E-state index contributed by atoms with van der Waals surface area (Å²) in [4.78, 5) is 10.9. The maximum absolute atomic E-state index is 10.9. The maximum atomic E-state index is 10.9. The van der Waals surface area contributed by atoms with Crippen LogP contribution in [0.2, 0.25) is 0 Å². The second-order valence-corrected chi connectivity index (χ2v) is 2.20. The molecule has 0 unspecified atom stereocenters. The first kappa shape index (κ1) is 8.59. The molecule has 0 aliphatic carbocycles. The lowest BCUT2D eigenvalue weighted by Gasteiger charge is -2.00. The third-order valence-electron chi connectivity index (χ3n) is 1.48. The SMILES string of the molecule is [CH]NC(=O)c1ccc(OC)cc1. The molecule has 1 N–H and O–H groups in total. The van der Waals surface area contributed by atoms with E-state index in [1.165, 1.54) is 0 Å². The zero-order chi connectivity index (χ0) is 8.97. The largest absolute Gasteiger partial charge is 0.497 e.